The summed E-state index contributed by atoms with van der Waals surface area (Å²) in [5.74, 6) is -1.28. The molecule has 0 bridgehead atoms. The van der Waals surface area contributed by atoms with Gasteiger partial charge in [0.25, 0.3) is 0 Å². The molecule has 0 aromatic heterocycles. The number of hydrogen-bond acceptors (Lipinski definition) is 15. The van der Waals surface area contributed by atoms with Crippen LogP contribution in [0.5, 0.6) is 0 Å². The highest BCUT2D eigenvalue weighted by Crippen LogP contribution is 2.45. The zero-order chi connectivity index (χ0) is 67.0. The fraction of sp³-hybridized carbons (Fsp3) is 0.944. The zero-order valence-electron chi connectivity index (χ0n) is 59.0. The Balaban J connectivity index is 5.19. The predicted molar refractivity (Wildman–Crippen MR) is 368 cm³/mol. The smallest absolute Gasteiger partial charge is 0.462 e. The third kappa shape index (κ3) is 65.1. The first-order valence-corrected chi connectivity index (χ1v) is 40.7. The Morgan fingerprint density at radius 1 is 0.308 bits per heavy atom. The van der Waals surface area contributed by atoms with Gasteiger partial charge in [-0.1, -0.05) is 324 Å². The Hall–Kier alpha value is -1.94. The van der Waals surface area contributed by atoms with Gasteiger partial charge in [0.05, 0.1) is 26.4 Å². The number of phosphoric ester groups is 2. The SMILES string of the molecule is CCCCCCCCCCCCCCCC(=O)OC[C@H](COP(=O)(O)OC[C@@H](O)COP(=O)(O)OC[C@@H](COC(=O)CCCCCCCCC)OC(=O)CCCCCCCCCCCCCCC)OC(=O)CCCCCCCCCCCCCCCCC(C)CC. The summed E-state index contributed by atoms with van der Waals surface area (Å²) < 4.78 is 68.3. The van der Waals surface area contributed by atoms with E-state index in [0.29, 0.717) is 25.7 Å². The van der Waals surface area contributed by atoms with Crippen LogP contribution in [0.3, 0.4) is 0 Å². The molecule has 0 fully saturated rings. The highest BCUT2D eigenvalue weighted by Gasteiger charge is 2.30. The molecule has 0 aliphatic rings. The van der Waals surface area contributed by atoms with Crippen LogP contribution in [-0.4, -0.2) is 96.7 Å². The van der Waals surface area contributed by atoms with Crippen molar-refractivity contribution in [1.29, 1.82) is 0 Å². The van der Waals surface area contributed by atoms with E-state index in [1.807, 2.05) is 0 Å². The number of hydrogen-bond donors (Lipinski definition) is 3. The molecule has 540 valence electrons. The van der Waals surface area contributed by atoms with E-state index in [1.54, 1.807) is 0 Å². The number of rotatable bonds is 72. The van der Waals surface area contributed by atoms with Gasteiger partial charge in [-0.2, -0.15) is 0 Å². The molecule has 0 aliphatic carbocycles. The lowest BCUT2D eigenvalue weighted by atomic mass is 9.99. The van der Waals surface area contributed by atoms with E-state index in [2.05, 4.69) is 34.6 Å². The molecular formula is C72H140O17P2. The number of carbonyl (C=O) groups excluding carboxylic acids is 4. The topological polar surface area (TPSA) is 237 Å². The van der Waals surface area contributed by atoms with Crippen molar-refractivity contribution in [3.05, 3.63) is 0 Å². The number of unbranched alkanes of at least 4 members (excludes halogenated alkanes) is 43. The van der Waals surface area contributed by atoms with Gasteiger partial charge in [-0.3, -0.25) is 37.3 Å². The normalized spacial score (nSPS) is 14.3. The van der Waals surface area contributed by atoms with Gasteiger partial charge in [-0.15, -0.1) is 0 Å². The van der Waals surface area contributed by atoms with Crippen molar-refractivity contribution in [2.24, 2.45) is 5.92 Å². The maximum absolute atomic E-state index is 13.0. The molecule has 0 saturated heterocycles. The summed E-state index contributed by atoms with van der Waals surface area (Å²) in [6.45, 7) is 7.28. The second-order valence-electron chi connectivity index (χ2n) is 26.2. The molecule has 3 N–H and O–H groups in total. The van der Waals surface area contributed by atoms with Crippen molar-refractivity contribution < 1.29 is 80.2 Å². The molecule has 0 heterocycles. The van der Waals surface area contributed by atoms with E-state index in [-0.39, 0.29) is 25.7 Å². The Labute approximate surface area is 556 Å². The van der Waals surface area contributed by atoms with E-state index in [4.69, 9.17) is 37.0 Å². The number of esters is 4. The maximum atomic E-state index is 13.0. The second kappa shape index (κ2) is 65.4. The highest BCUT2D eigenvalue weighted by molar-refractivity contribution is 7.47. The minimum atomic E-state index is -4.95. The van der Waals surface area contributed by atoms with Crippen LogP contribution in [0.15, 0.2) is 0 Å². The number of aliphatic hydroxyl groups excluding tert-OH is 1. The minimum Gasteiger partial charge on any atom is -0.462 e. The standard InChI is InChI=1S/C72H140O17P2/c1-6-10-13-16-19-21-23-27-32-36-41-46-51-56-70(75)83-62-68(89-72(77)58-53-48-43-38-34-30-26-25-29-31-35-40-44-49-54-65(5)9-4)64-87-91(80,81)85-60-66(73)59-84-90(78,79)86-63-67(61-82-69(74)55-50-45-39-18-15-12-8-3)88-71(76)57-52-47-42-37-33-28-24-22-20-17-14-11-7-2/h65-68,73H,6-64H2,1-5H3,(H,78,79)(H,80,81)/t65?,66-,67+,68+/m0/s1. The van der Waals surface area contributed by atoms with Crippen molar-refractivity contribution >= 4 is 39.5 Å². The Morgan fingerprint density at radius 2 is 0.527 bits per heavy atom. The van der Waals surface area contributed by atoms with Gasteiger partial charge in [-0.05, 0) is 31.6 Å². The molecule has 3 unspecified atom stereocenters. The molecule has 0 rings (SSSR count). The fourth-order valence-corrected chi connectivity index (χ4v) is 12.5. The van der Waals surface area contributed by atoms with Gasteiger partial charge in [0.2, 0.25) is 0 Å². The zero-order valence-corrected chi connectivity index (χ0v) is 60.8. The number of carbonyl (C=O) groups is 4. The Morgan fingerprint density at radius 3 is 0.780 bits per heavy atom. The minimum absolute atomic E-state index is 0.107. The summed E-state index contributed by atoms with van der Waals surface area (Å²) >= 11 is 0. The third-order valence-electron chi connectivity index (χ3n) is 17.1. The van der Waals surface area contributed by atoms with Crippen LogP contribution in [0, 0.1) is 5.92 Å². The Kier molecular flexibility index (Phi) is 64.0. The molecule has 0 amide bonds. The second-order valence-corrected chi connectivity index (χ2v) is 29.1. The molecule has 6 atom stereocenters. The average molecular weight is 1340 g/mol. The third-order valence-corrected chi connectivity index (χ3v) is 19.0. The quantitative estimate of drug-likeness (QED) is 0.0222. The van der Waals surface area contributed by atoms with Crippen LogP contribution < -0.4 is 0 Å². The van der Waals surface area contributed by atoms with Gasteiger partial charge in [0.15, 0.2) is 12.2 Å². The lowest BCUT2D eigenvalue weighted by molar-refractivity contribution is -0.161. The van der Waals surface area contributed by atoms with Crippen LogP contribution in [0.25, 0.3) is 0 Å². The molecule has 0 aromatic carbocycles. The van der Waals surface area contributed by atoms with Crippen LogP contribution >= 0.6 is 15.6 Å². The van der Waals surface area contributed by atoms with Crippen LogP contribution in [0.4, 0.5) is 0 Å². The first-order chi connectivity index (χ1) is 44.1. The van der Waals surface area contributed by atoms with Crippen molar-refractivity contribution in [3.8, 4) is 0 Å². The molecular weight excluding hydrogens is 1200 g/mol. The first kappa shape index (κ1) is 89.1. The van der Waals surface area contributed by atoms with Crippen molar-refractivity contribution in [2.45, 2.75) is 393 Å². The van der Waals surface area contributed by atoms with Gasteiger partial charge in [0.1, 0.15) is 19.3 Å². The lowest BCUT2D eigenvalue weighted by Crippen LogP contribution is -2.30. The molecule has 19 heteroatoms. The summed E-state index contributed by atoms with van der Waals surface area (Å²) in [4.78, 5) is 72.5. The number of ether oxygens (including phenoxy) is 4. The van der Waals surface area contributed by atoms with Gasteiger partial charge in [0, 0.05) is 25.7 Å². The number of phosphoric acid groups is 2. The van der Waals surface area contributed by atoms with E-state index < -0.39 is 97.5 Å². The molecule has 91 heavy (non-hydrogen) atoms. The summed E-state index contributed by atoms with van der Waals surface area (Å²) in [5.41, 5.74) is 0. The summed E-state index contributed by atoms with van der Waals surface area (Å²) in [6, 6.07) is 0. The van der Waals surface area contributed by atoms with Crippen molar-refractivity contribution in [2.75, 3.05) is 39.6 Å². The average Bonchev–Trinajstić information content (AvgIpc) is 3.40. The maximum Gasteiger partial charge on any atom is 0.472 e. The van der Waals surface area contributed by atoms with Crippen molar-refractivity contribution in [1.82, 2.24) is 0 Å². The monoisotopic (exact) mass is 1340 g/mol. The van der Waals surface area contributed by atoms with Gasteiger partial charge < -0.3 is 33.8 Å². The summed E-state index contributed by atoms with van der Waals surface area (Å²) in [7, 11) is -9.90. The molecule has 0 aromatic rings. The van der Waals surface area contributed by atoms with Crippen LogP contribution in [0.2, 0.25) is 0 Å². The molecule has 0 saturated carbocycles. The Bertz CT molecular complexity index is 1760. The fourth-order valence-electron chi connectivity index (χ4n) is 11.0. The lowest BCUT2D eigenvalue weighted by Gasteiger charge is -2.21. The summed E-state index contributed by atoms with van der Waals surface area (Å²) in [5, 5.41) is 10.6. The first-order valence-electron chi connectivity index (χ1n) is 37.7. The molecule has 0 aliphatic heterocycles. The van der Waals surface area contributed by atoms with Gasteiger partial charge in [-0.25, -0.2) is 9.13 Å². The van der Waals surface area contributed by atoms with E-state index in [1.165, 1.54) is 186 Å². The van der Waals surface area contributed by atoms with Crippen LogP contribution in [-0.2, 0) is 65.4 Å². The largest absolute Gasteiger partial charge is 0.472 e. The van der Waals surface area contributed by atoms with E-state index >= 15 is 0 Å². The molecule has 0 radical (unpaired) electrons. The summed E-state index contributed by atoms with van der Waals surface area (Å²) in [6.07, 6.45) is 52.6. The molecule has 0 spiro atoms. The highest BCUT2D eigenvalue weighted by atomic mass is 31.2. The van der Waals surface area contributed by atoms with Crippen molar-refractivity contribution in [3.63, 3.8) is 0 Å². The molecule has 17 nitrogen and oxygen atoms in total. The van der Waals surface area contributed by atoms with E-state index in [0.717, 1.165) is 109 Å². The van der Waals surface area contributed by atoms with E-state index in [9.17, 15) is 43.2 Å². The predicted octanol–water partition coefficient (Wildman–Crippen LogP) is 20.9. The number of aliphatic hydroxyl groups is 1. The van der Waals surface area contributed by atoms with Crippen LogP contribution in [0.1, 0.15) is 375 Å². The van der Waals surface area contributed by atoms with Gasteiger partial charge >= 0.3 is 39.5 Å².